The minimum atomic E-state index is -3.79. The van der Waals surface area contributed by atoms with Gasteiger partial charge < -0.3 is 0 Å². The van der Waals surface area contributed by atoms with Crippen LogP contribution in [0.15, 0.2) is 64.1 Å². The number of rotatable bonds is 3. The molecular formula is C14H9BrN2O4S. The van der Waals surface area contributed by atoms with E-state index in [1.54, 1.807) is 24.3 Å². The molecule has 1 heterocycles. The van der Waals surface area contributed by atoms with Crippen molar-refractivity contribution in [2.75, 3.05) is 0 Å². The highest BCUT2D eigenvalue weighted by Crippen LogP contribution is 2.31. The van der Waals surface area contributed by atoms with E-state index in [9.17, 15) is 18.5 Å². The molecule has 0 amide bonds. The molecule has 0 unspecified atom stereocenters. The molecule has 0 spiro atoms. The van der Waals surface area contributed by atoms with E-state index in [0.717, 1.165) is 3.97 Å². The minimum Gasteiger partial charge on any atom is -0.258 e. The van der Waals surface area contributed by atoms with E-state index in [1.807, 2.05) is 0 Å². The molecule has 0 radical (unpaired) electrons. The lowest BCUT2D eigenvalue weighted by Gasteiger charge is -2.08. The molecule has 6 nitrogen and oxygen atoms in total. The summed E-state index contributed by atoms with van der Waals surface area (Å²) in [5.41, 5.74) is 0.288. The molecule has 0 N–H and O–H groups in total. The van der Waals surface area contributed by atoms with E-state index in [1.165, 1.54) is 30.3 Å². The van der Waals surface area contributed by atoms with Crippen LogP contribution in [0, 0.1) is 10.1 Å². The first-order valence-electron chi connectivity index (χ1n) is 6.17. The monoisotopic (exact) mass is 380 g/mol. The fourth-order valence-electron chi connectivity index (χ4n) is 2.20. The first-order chi connectivity index (χ1) is 10.4. The topological polar surface area (TPSA) is 82.2 Å². The van der Waals surface area contributed by atoms with Gasteiger partial charge in [0.25, 0.3) is 15.7 Å². The normalized spacial score (nSPS) is 11.7. The van der Waals surface area contributed by atoms with Gasteiger partial charge in [-0.15, -0.1) is 0 Å². The van der Waals surface area contributed by atoms with Crippen molar-refractivity contribution in [3.05, 3.63) is 69.3 Å². The average Bonchev–Trinajstić information content (AvgIpc) is 2.83. The highest BCUT2D eigenvalue weighted by molar-refractivity contribution is 9.10. The Bertz CT molecular complexity index is 981. The van der Waals surface area contributed by atoms with Crippen LogP contribution in [0.5, 0.6) is 0 Å². The van der Waals surface area contributed by atoms with E-state index in [-0.39, 0.29) is 10.6 Å². The van der Waals surface area contributed by atoms with Crippen molar-refractivity contribution in [3.63, 3.8) is 0 Å². The zero-order valence-electron chi connectivity index (χ0n) is 11.0. The van der Waals surface area contributed by atoms with Crippen LogP contribution in [0.2, 0.25) is 0 Å². The summed E-state index contributed by atoms with van der Waals surface area (Å²) in [6.07, 6.45) is 0. The summed E-state index contributed by atoms with van der Waals surface area (Å²) in [7, 11) is -3.79. The zero-order chi connectivity index (χ0) is 15.9. The van der Waals surface area contributed by atoms with Crippen LogP contribution in [0.25, 0.3) is 10.9 Å². The van der Waals surface area contributed by atoms with Gasteiger partial charge in [0.2, 0.25) is 0 Å². The molecule has 0 saturated carbocycles. The van der Waals surface area contributed by atoms with Crippen molar-refractivity contribution in [2.24, 2.45) is 0 Å². The minimum absolute atomic E-state index is 0.0886. The Morgan fingerprint density at radius 1 is 1.05 bits per heavy atom. The predicted molar refractivity (Wildman–Crippen MR) is 85.3 cm³/mol. The predicted octanol–water partition coefficient (Wildman–Crippen LogP) is 3.55. The summed E-state index contributed by atoms with van der Waals surface area (Å²) < 4.78 is 26.9. The molecule has 3 rings (SSSR count). The van der Waals surface area contributed by atoms with Gasteiger partial charge in [0, 0.05) is 17.5 Å². The Morgan fingerprint density at radius 3 is 2.36 bits per heavy atom. The zero-order valence-corrected chi connectivity index (χ0v) is 13.4. The van der Waals surface area contributed by atoms with Gasteiger partial charge >= 0.3 is 0 Å². The number of benzene rings is 2. The average molecular weight is 381 g/mol. The van der Waals surface area contributed by atoms with Gasteiger partial charge in [0.15, 0.2) is 0 Å². The Morgan fingerprint density at radius 2 is 1.73 bits per heavy atom. The van der Waals surface area contributed by atoms with Gasteiger partial charge in [0.1, 0.15) is 4.60 Å². The lowest BCUT2D eigenvalue weighted by molar-refractivity contribution is -0.384. The summed E-state index contributed by atoms with van der Waals surface area (Å²) >= 11 is 3.22. The summed E-state index contributed by atoms with van der Waals surface area (Å²) in [6.45, 7) is 0. The Balaban J connectivity index is 2.28. The second kappa shape index (κ2) is 5.22. The SMILES string of the molecule is O=[N+]([O-])c1ccc2c(c1)cc(Br)n2S(=O)(=O)c1ccccc1. The van der Waals surface area contributed by atoms with Gasteiger partial charge in [0.05, 0.1) is 15.3 Å². The molecule has 0 aliphatic carbocycles. The summed E-state index contributed by atoms with van der Waals surface area (Å²) in [5, 5.41) is 11.3. The number of nitro benzene ring substituents is 1. The van der Waals surface area contributed by atoms with Crippen LogP contribution in [-0.2, 0) is 10.0 Å². The smallest absolute Gasteiger partial charge is 0.258 e. The van der Waals surface area contributed by atoms with Crippen LogP contribution in [0.3, 0.4) is 0 Å². The molecule has 0 fully saturated rings. The van der Waals surface area contributed by atoms with Crippen LogP contribution in [0.4, 0.5) is 5.69 Å². The summed E-state index contributed by atoms with van der Waals surface area (Å²) in [6, 6.07) is 13.6. The van der Waals surface area contributed by atoms with Crippen LogP contribution in [-0.4, -0.2) is 17.3 Å². The molecule has 22 heavy (non-hydrogen) atoms. The van der Waals surface area contributed by atoms with Crippen molar-refractivity contribution in [3.8, 4) is 0 Å². The Kier molecular flexibility index (Phi) is 3.50. The summed E-state index contributed by atoms with van der Waals surface area (Å²) in [4.78, 5) is 10.5. The third-order valence-electron chi connectivity index (χ3n) is 3.19. The van der Waals surface area contributed by atoms with Crippen molar-refractivity contribution in [2.45, 2.75) is 4.90 Å². The van der Waals surface area contributed by atoms with Crippen molar-refractivity contribution >= 4 is 42.5 Å². The van der Waals surface area contributed by atoms with Gasteiger partial charge in [-0.1, -0.05) is 18.2 Å². The molecule has 0 bridgehead atoms. The number of nitrogens with zero attached hydrogens (tertiary/aromatic N) is 2. The molecule has 3 aromatic rings. The maximum Gasteiger partial charge on any atom is 0.270 e. The highest BCUT2D eigenvalue weighted by atomic mass is 79.9. The fraction of sp³-hybridized carbons (Fsp3) is 0. The van der Waals surface area contributed by atoms with Crippen LogP contribution >= 0.6 is 15.9 Å². The third-order valence-corrected chi connectivity index (χ3v) is 5.75. The van der Waals surface area contributed by atoms with E-state index < -0.39 is 14.9 Å². The molecule has 8 heteroatoms. The van der Waals surface area contributed by atoms with Gasteiger partial charge in [-0.3, -0.25) is 10.1 Å². The van der Waals surface area contributed by atoms with Gasteiger partial charge in [-0.2, -0.15) is 0 Å². The van der Waals surface area contributed by atoms with E-state index in [0.29, 0.717) is 15.5 Å². The number of hydrogen-bond acceptors (Lipinski definition) is 4. The number of non-ortho nitro benzene ring substituents is 1. The van der Waals surface area contributed by atoms with Crippen LogP contribution in [0.1, 0.15) is 0 Å². The Hall–Kier alpha value is -2.19. The lowest BCUT2D eigenvalue weighted by Crippen LogP contribution is -2.12. The fourth-order valence-corrected chi connectivity index (χ4v) is 4.63. The molecular weight excluding hydrogens is 372 g/mol. The summed E-state index contributed by atoms with van der Waals surface area (Å²) in [5.74, 6) is 0. The molecule has 0 atom stereocenters. The molecule has 112 valence electrons. The van der Waals surface area contributed by atoms with E-state index in [2.05, 4.69) is 15.9 Å². The molecule has 2 aromatic carbocycles. The Labute approximate surface area is 134 Å². The van der Waals surface area contributed by atoms with Crippen molar-refractivity contribution in [1.29, 1.82) is 0 Å². The number of fused-ring (bicyclic) bond motifs is 1. The quantitative estimate of drug-likeness (QED) is 0.513. The number of aromatic nitrogens is 1. The number of halogens is 1. The standard InChI is InChI=1S/C14H9BrN2O4S/c15-14-9-10-8-11(17(18)19)6-7-13(10)16(14)22(20,21)12-4-2-1-3-5-12/h1-9H. The number of hydrogen-bond donors (Lipinski definition) is 0. The van der Waals surface area contributed by atoms with E-state index in [4.69, 9.17) is 0 Å². The molecule has 1 aromatic heterocycles. The first-order valence-corrected chi connectivity index (χ1v) is 8.40. The van der Waals surface area contributed by atoms with Crippen LogP contribution < -0.4 is 0 Å². The lowest BCUT2D eigenvalue weighted by atomic mass is 10.2. The second-order valence-corrected chi connectivity index (χ2v) is 7.15. The van der Waals surface area contributed by atoms with E-state index >= 15 is 0 Å². The first kappa shape index (κ1) is 14.7. The van der Waals surface area contributed by atoms with Gasteiger partial charge in [-0.25, -0.2) is 12.4 Å². The molecule has 0 aliphatic rings. The number of nitro groups is 1. The van der Waals surface area contributed by atoms with Crippen molar-refractivity contribution in [1.82, 2.24) is 3.97 Å². The highest BCUT2D eigenvalue weighted by Gasteiger charge is 2.22. The van der Waals surface area contributed by atoms with Crippen molar-refractivity contribution < 1.29 is 13.3 Å². The molecule has 0 aliphatic heterocycles. The largest absolute Gasteiger partial charge is 0.270 e. The third kappa shape index (κ3) is 2.30. The van der Waals surface area contributed by atoms with Gasteiger partial charge in [-0.05, 0) is 40.2 Å². The maximum absolute atomic E-state index is 12.7. The molecule has 0 saturated heterocycles. The second-order valence-electron chi connectivity index (χ2n) is 4.55. The maximum atomic E-state index is 12.7.